The van der Waals surface area contributed by atoms with E-state index < -0.39 is 11.6 Å². The first kappa shape index (κ1) is 20.6. The van der Waals surface area contributed by atoms with E-state index in [1.54, 1.807) is 12.1 Å². The van der Waals surface area contributed by atoms with E-state index in [9.17, 15) is 8.78 Å². The van der Waals surface area contributed by atoms with Gasteiger partial charge in [0.15, 0.2) is 28.6 Å². The van der Waals surface area contributed by atoms with Gasteiger partial charge in [0, 0.05) is 19.1 Å². The fourth-order valence-electron chi connectivity index (χ4n) is 4.83. The van der Waals surface area contributed by atoms with Crippen LogP contribution in [0.2, 0.25) is 5.28 Å². The standard InChI is InChI=1S/C22H25ClF2N6/c23-22-27-20(19-21(28-22)31(13-26-19)16-5-1-2-6-16)29-30-10-8-14(9-11-30)12-15-4-3-7-17(24)18(15)25/h3-4,7,13-14,16H,1-2,5-6,8-12H2,(H,27,28,29). The van der Waals surface area contributed by atoms with Crippen LogP contribution in [0.15, 0.2) is 24.5 Å². The molecule has 9 heteroatoms. The van der Waals surface area contributed by atoms with Gasteiger partial charge >= 0.3 is 0 Å². The first-order valence-electron chi connectivity index (χ1n) is 10.9. The lowest BCUT2D eigenvalue weighted by atomic mass is 9.90. The molecule has 0 spiro atoms. The summed E-state index contributed by atoms with van der Waals surface area (Å²) in [7, 11) is 0. The number of rotatable bonds is 5. The molecule has 0 amide bonds. The highest BCUT2D eigenvalue weighted by Gasteiger charge is 2.24. The molecule has 0 unspecified atom stereocenters. The number of imidazole rings is 1. The van der Waals surface area contributed by atoms with Gasteiger partial charge in [0.1, 0.15) is 0 Å². The van der Waals surface area contributed by atoms with Crippen molar-refractivity contribution >= 4 is 28.6 Å². The first-order valence-corrected chi connectivity index (χ1v) is 11.3. The predicted molar refractivity (Wildman–Crippen MR) is 116 cm³/mol. The Labute approximate surface area is 184 Å². The van der Waals surface area contributed by atoms with Gasteiger partial charge in [0.2, 0.25) is 5.28 Å². The number of hydrogen-bond donors (Lipinski definition) is 1. The van der Waals surface area contributed by atoms with Crippen LogP contribution in [0.25, 0.3) is 11.2 Å². The molecule has 3 heterocycles. The summed E-state index contributed by atoms with van der Waals surface area (Å²) in [5, 5.41) is 2.29. The van der Waals surface area contributed by atoms with Crippen molar-refractivity contribution in [3.05, 3.63) is 47.0 Å². The zero-order chi connectivity index (χ0) is 21.4. The number of hydrazine groups is 1. The van der Waals surface area contributed by atoms with E-state index in [2.05, 4.69) is 30.0 Å². The Kier molecular flexibility index (Phi) is 5.75. The third-order valence-electron chi connectivity index (χ3n) is 6.53. The van der Waals surface area contributed by atoms with Gasteiger partial charge in [-0.05, 0) is 61.3 Å². The monoisotopic (exact) mass is 446 g/mol. The van der Waals surface area contributed by atoms with Crippen LogP contribution in [0.4, 0.5) is 14.6 Å². The maximum absolute atomic E-state index is 14.0. The van der Waals surface area contributed by atoms with Crippen LogP contribution in [0.1, 0.15) is 50.1 Å². The fraction of sp³-hybridized carbons (Fsp3) is 0.500. The van der Waals surface area contributed by atoms with Gasteiger partial charge in [0.05, 0.1) is 6.33 Å². The van der Waals surface area contributed by atoms with Crippen LogP contribution in [0.5, 0.6) is 0 Å². The smallest absolute Gasteiger partial charge is 0.226 e. The molecule has 1 saturated carbocycles. The summed E-state index contributed by atoms with van der Waals surface area (Å²) in [6, 6.07) is 4.82. The summed E-state index contributed by atoms with van der Waals surface area (Å²) in [5.41, 5.74) is 5.31. The molecule has 0 radical (unpaired) electrons. The van der Waals surface area contributed by atoms with E-state index in [1.165, 1.54) is 12.8 Å². The molecule has 1 saturated heterocycles. The van der Waals surface area contributed by atoms with Crippen molar-refractivity contribution < 1.29 is 8.78 Å². The number of aromatic nitrogens is 4. The number of hydrogen-bond acceptors (Lipinski definition) is 5. The molecule has 6 nitrogen and oxygen atoms in total. The Morgan fingerprint density at radius 2 is 1.84 bits per heavy atom. The maximum atomic E-state index is 14.0. The van der Waals surface area contributed by atoms with Gasteiger partial charge in [-0.2, -0.15) is 9.97 Å². The Balaban J connectivity index is 1.26. The van der Waals surface area contributed by atoms with Crippen molar-refractivity contribution in [2.45, 2.75) is 51.0 Å². The summed E-state index contributed by atoms with van der Waals surface area (Å²) in [6.07, 6.45) is 8.86. The second kappa shape index (κ2) is 8.67. The van der Waals surface area contributed by atoms with E-state index in [4.69, 9.17) is 11.6 Å². The summed E-state index contributed by atoms with van der Waals surface area (Å²) in [5.74, 6) is -0.580. The molecule has 31 heavy (non-hydrogen) atoms. The molecular weight excluding hydrogens is 422 g/mol. The molecule has 2 aromatic heterocycles. The van der Waals surface area contributed by atoms with E-state index in [0.717, 1.165) is 56.0 Å². The number of fused-ring (bicyclic) bond motifs is 1. The fourth-order valence-corrected chi connectivity index (χ4v) is 5.00. The number of anilines is 1. The Morgan fingerprint density at radius 3 is 2.61 bits per heavy atom. The van der Waals surface area contributed by atoms with Gasteiger partial charge in [-0.3, -0.25) is 0 Å². The van der Waals surface area contributed by atoms with Gasteiger partial charge < -0.3 is 9.99 Å². The average Bonchev–Trinajstić information content (AvgIpc) is 3.42. The second-order valence-corrected chi connectivity index (χ2v) is 8.90. The SMILES string of the molecule is Fc1cccc(CC2CCN(Nc3nc(Cl)nc4c3ncn4C3CCCC3)CC2)c1F. The van der Waals surface area contributed by atoms with Crippen molar-refractivity contribution in [3.63, 3.8) is 0 Å². The third-order valence-corrected chi connectivity index (χ3v) is 6.70. The van der Waals surface area contributed by atoms with Crippen molar-refractivity contribution in [2.75, 3.05) is 18.5 Å². The molecule has 0 bridgehead atoms. The molecule has 0 atom stereocenters. The van der Waals surface area contributed by atoms with E-state index in [-0.39, 0.29) is 5.28 Å². The summed E-state index contributed by atoms with van der Waals surface area (Å²) in [4.78, 5) is 13.4. The van der Waals surface area contributed by atoms with Crippen LogP contribution < -0.4 is 5.43 Å². The van der Waals surface area contributed by atoms with Gasteiger partial charge in [-0.1, -0.05) is 25.0 Å². The van der Waals surface area contributed by atoms with E-state index in [0.29, 0.717) is 29.8 Å². The minimum atomic E-state index is -0.779. The van der Waals surface area contributed by atoms with Crippen LogP contribution in [0, 0.1) is 17.6 Å². The van der Waals surface area contributed by atoms with Crippen LogP contribution in [-0.4, -0.2) is 37.6 Å². The number of piperidine rings is 1. The summed E-state index contributed by atoms with van der Waals surface area (Å²) < 4.78 is 29.6. The third kappa shape index (κ3) is 4.23. The average molecular weight is 447 g/mol. The molecular formula is C22H25ClF2N6. The highest BCUT2D eigenvalue weighted by atomic mass is 35.5. The minimum Gasteiger partial charge on any atom is -0.312 e. The van der Waals surface area contributed by atoms with E-state index >= 15 is 0 Å². The number of benzene rings is 1. The first-order chi connectivity index (χ1) is 15.1. The number of halogens is 3. The van der Waals surface area contributed by atoms with Crippen molar-refractivity contribution in [3.8, 4) is 0 Å². The largest absolute Gasteiger partial charge is 0.312 e. The quantitative estimate of drug-likeness (QED) is 0.549. The summed E-state index contributed by atoms with van der Waals surface area (Å²) >= 11 is 6.23. The normalized spacial score (nSPS) is 18.8. The van der Waals surface area contributed by atoms with Crippen LogP contribution >= 0.6 is 11.6 Å². The van der Waals surface area contributed by atoms with Gasteiger partial charge in [-0.15, -0.1) is 0 Å². The molecule has 2 aliphatic rings. The molecule has 1 aromatic carbocycles. The Bertz CT molecular complexity index is 1070. The van der Waals surface area contributed by atoms with E-state index in [1.807, 2.05) is 6.33 Å². The molecule has 1 aliphatic heterocycles. The second-order valence-electron chi connectivity index (χ2n) is 8.56. The number of nitrogens with zero attached hydrogens (tertiary/aromatic N) is 5. The molecule has 1 N–H and O–H groups in total. The van der Waals surface area contributed by atoms with Gasteiger partial charge in [0.25, 0.3) is 0 Å². The lowest BCUT2D eigenvalue weighted by molar-refractivity contribution is 0.215. The van der Waals surface area contributed by atoms with Crippen molar-refractivity contribution in [1.29, 1.82) is 0 Å². The Hall–Kier alpha value is -2.32. The zero-order valence-corrected chi connectivity index (χ0v) is 18.0. The number of nitrogens with one attached hydrogen (secondary N) is 1. The molecule has 1 aliphatic carbocycles. The molecule has 3 aromatic rings. The molecule has 164 valence electrons. The topological polar surface area (TPSA) is 58.9 Å². The lowest BCUT2D eigenvalue weighted by Gasteiger charge is -2.32. The van der Waals surface area contributed by atoms with Crippen LogP contribution in [-0.2, 0) is 6.42 Å². The highest BCUT2D eigenvalue weighted by molar-refractivity contribution is 6.28. The molecule has 2 fully saturated rings. The highest BCUT2D eigenvalue weighted by Crippen LogP contribution is 2.33. The van der Waals surface area contributed by atoms with Crippen molar-refractivity contribution in [2.24, 2.45) is 5.92 Å². The Morgan fingerprint density at radius 1 is 1.06 bits per heavy atom. The lowest BCUT2D eigenvalue weighted by Crippen LogP contribution is -2.38. The maximum Gasteiger partial charge on any atom is 0.226 e. The van der Waals surface area contributed by atoms with Crippen LogP contribution in [0.3, 0.4) is 0 Å². The zero-order valence-electron chi connectivity index (χ0n) is 17.2. The minimum absolute atomic E-state index is 0.200. The van der Waals surface area contributed by atoms with Gasteiger partial charge in [-0.25, -0.2) is 18.8 Å². The summed E-state index contributed by atoms with van der Waals surface area (Å²) in [6.45, 7) is 1.54. The molecule has 5 rings (SSSR count). The van der Waals surface area contributed by atoms with Crippen molar-refractivity contribution in [1.82, 2.24) is 24.5 Å². The predicted octanol–water partition coefficient (Wildman–Crippen LogP) is 5.15.